The maximum atomic E-state index is 13.0. The van der Waals surface area contributed by atoms with Gasteiger partial charge in [-0.3, -0.25) is 14.5 Å². The van der Waals surface area contributed by atoms with Gasteiger partial charge in [-0.1, -0.05) is 5.16 Å². The second-order valence-corrected chi connectivity index (χ2v) is 9.36. The summed E-state index contributed by atoms with van der Waals surface area (Å²) in [5, 5.41) is 25.1. The minimum absolute atomic E-state index is 0.0334. The molecular formula is C20H22N7O6S2+. The van der Waals surface area contributed by atoms with Gasteiger partial charge in [0.05, 0.1) is 6.61 Å². The number of aliphatic hydroxyl groups is 1. The van der Waals surface area contributed by atoms with Crippen LogP contribution in [0, 0.1) is 0 Å². The number of carboxylic acids is 1. The van der Waals surface area contributed by atoms with Crippen LogP contribution in [0.3, 0.4) is 0 Å². The number of pyridine rings is 1. The SMILES string of the molecule is CCON=C(C(=O)NC1C(=O)N2C(C(=O)O)=C(C[n+]3cccc(CO)c3)CS[C@H]12)c1nsc(N)n1. The minimum Gasteiger partial charge on any atom is -0.477 e. The van der Waals surface area contributed by atoms with Gasteiger partial charge in [-0.05, 0) is 13.0 Å². The molecule has 1 fully saturated rings. The third-order valence-corrected chi connectivity index (χ3v) is 7.05. The molecule has 1 saturated heterocycles. The number of anilines is 1. The lowest BCUT2D eigenvalue weighted by atomic mass is 10.0. The number of fused-ring (bicyclic) bond motifs is 1. The quantitative estimate of drug-likeness (QED) is 0.139. The summed E-state index contributed by atoms with van der Waals surface area (Å²) in [6.07, 6.45) is 3.46. The Morgan fingerprint density at radius 1 is 1.46 bits per heavy atom. The Morgan fingerprint density at radius 3 is 2.91 bits per heavy atom. The Labute approximate surface area is 207 Å². The first-order chi connectivity index (χ1) is 16.8. The molecule has 184 valence electrons. The number of nitrogens with two attached hydrogens (primary N) is 1. The van der Waals surface area contributed by atoms with Crippen LogP contribution in [0.1, 0.15) is 18.3 Å². The van der Waals surface area contributed by atoms with Crippen molar-refractivity contribution in [1.82, 2.24) is 19.6 Å². The number of carboxylic acid groups (broad SMARTS) is 1. The highest BCUT2D eigenvalue weighted by molar-refractivity contribution is 8.00. The molecule has 4 heterocycles. The first-order valence-electron chi connectivity index (χ1n) is 10.4. The number of nitrogens with one attached hydrogen (secondary N) is 1. The zero-order chi connectivity index (χ0) is 25.1. The number of hydrogen-bond donors (Lipinski definition) is 4. The van der Waals surface area contributed by atoms with Crippen LogP contribution in [0.2, 0.25) is 0 Å². The van der Waals surface area contributed by atoms with Gasteiger partial charge in [0.1, 0.15) is 23.7 Å². The Morgan fingerprint density at radius 2 is 2.26 bits per heavy atom. The van der Waals surface area contributed by atoms with Crippen LogP contribution < -0.4 is 15.6 Å². The maximum absolute atomic E-state index is 13.0. The summed E-state index contributed by atoms with van der Waals surface area (Å²) in [6, 6.07) is 2.54. The highest BCUT2D eigenvalue weighted by atomic mass is 32.2. The number of rotatable bonds is 9. The standard InChI is InChI=1S/C20H21N7O6S2/c1-2-33-24-12(15-23-20(21)35-25-15)16(29)22-13-17(30)27-14(19(31)32)11(9-34-18(13)27)7-26-5-3-4-10(6-26)8-28/h3-6,13,18,28H,2,7-9H2,1H3,(H3-,21,22,23,25,29,31,32)/p+1/t13?,18-/m1/s1. The van der Waals surface area contributed by atoms with E-state index in [-0.39, 0.29) is 42.1 Å². The normalized spacial score (nSPS) is 19.8. The average Bonchev–Trinajstić information content (AvgIpc) is 3.28. The van der Waals surface area contributed by atoms with Crippen molar-refractivity contribution in [3.63, 3.8) is 0 Å². The zero-order valence-corrected chi connectivity index (χ0v) is 20.1. The fraction of sp³-hybridized carbons (Fsp3) is 0.350. The van der Waals surface area contributed by atoms with E-state index < -0.39 is 29.2 Å². The average molecular weight is 521 g/mol. The Bertz CT molecular complexity index is 1230. The Hall–Kier alpha value is -3.56. The molecule has 5 N–H and O–H groups in total. The number of carbonyl (C=O) groups excluding carboxylic acids is 2. The fourth-order valence-corrected chi connectivity index (χ4v) is 5.42. The van der Waals surface area contributed by atoms with Crippen molar-refractivity contribution < 1.29 is 34.0 Å². The van der Waals surface area contributed by atoms with E-state index in [2.05, 4.69) is 19.8 Å². The molecular weight excluding hydrogens is 498 g/mol. The third-order valence-electron chi connectivity index (χ3n) is 5.17. The molecule has 2 atom stereocenters. The van der Waals surface area contributed by atoms with Crippen LogP contribution in [0.15, 0.2) is 41.0 Å². The van der Waals surface area contributed by atoms with E-state index in [0.717, 1.165) is 11.5 Å². The van der Waals surface area contributed by atoms with Gasteiger partial charge >= 0.3 is 5.97 Å². The first kappa shape index (κ1) is 24.6. The second kappa shape index (κ2) is 10.4. The van der Waals surface area contributed by atoms with Gasteiger partial charge in [0.25, 0.3) is 11.8 Å². The van der Waals surface area contributed by atoms with Crippen LogP contribution in [0.25, 0.3) is 0 Å². The number of aliphatic carboxylic acids is 1. The van der Waals surface area contributed by atoms with Crippen molar-refractivity contribution in [2.45, 2.75) is 31.5 Å². The van der Waals surface area contributed by atoms with E-state index in [9.17, 15) is 24.6 Å². The molecule has 2 aliphatic heterocycles. The third kappa shape index (κ3) is 4.96. The summed E-state index contributed by atoms with van der Waals surface area (Å²) < 4.78 is 5.72. The summed E-state index contributed by atoms with van der Waals surface area (Å²) in [4.78, 5) is 48.1. The lowest BCUT2D eigenvalue weighted by Gasteiger charge is -2.49. The van der Waals surface area contributed by atoms with E-state index >= 15 is 0 Å². The monoisotopic (exact) mass is 520 g/mol. The first-order valence-corrected chi connectivity index (χ1v) is 12.3. The number of oxime groups is 1. The number of aromatic nitrogens is 3. The maximum Gasteiger partial charge on any atom is 0.352 e. The van der Waals surface area contributed by atoms with Crippen molar-refractivity contribution in [3.05, 3.63) is 47.2 Å². The van der Waals surface area contributed by atoms with Crippen molar-refractivity contribution >= 4 is 51.9 Å². The highest BCUT2D eigenvalue weighted by Gasteiger charge is 2.54. The van der Waals surface area contributed by atoms with E-state index in [1.165, 1.54) is 16.7 Å². The molecule has 2 aromatic rings. The topological polar surface area (TPSA) is 184 Å². The van der Waals surface area contributed by atoms with E-state index in [1.807, 2.05) is 0 Å². The number of hydrogen-bond acceptors (Lipinski definition) is 11. The van der Waals surface area contributed by atoms with E-state index in [4.69, 9.17) is 10.6 Å². The van der Waals surface area contributed by atoms with Gasteiger partial charge in [0, 0.05) is 34.5 Å². The van der Waals surface area contributed by atoms with Crippen LogP contribution in [0.4, 0.5) is 5.13 Å². The fourth-order valence-electron chi connectivity index (χ4n) is 3.65. The van der Waals surface area contributed by atoms with Gasteiger partial charge < -0.3 is 26.1 Å². The minimum atomic E-state index is -1.23. The number of carbonyl (C=O) groups is 3. The van der Waals surface area contributed by atoms with Gasteiger partial charge in [-0.15, -0.1) is 11.8 Å². The van der Waals surface area contributed by atoms with E-state index in [1.54, 1.807) is 36.0 Å². The number of nitrogens with zero attached hydrogens (tertiary/aromatic N) is 5. The van der Waals surface area contributed by atoms with Gasteiger partial charge in [0.2, 0.25) is 11.5 Å². The van der Waals surface area contributed by atoms with Gasteiger partial charge in [-0.2, -0.15) is 9.36 Å². The molecule has 0 aliphatic carbocycles. The molecule has 0 spiro atoms. The Balaban J connectivity index is 1.53. The number of thioether (sulfide) groups is 1. The second-order valence-electron chi connectivity index (χ2n) is 7.47. The van der Waals surface area contributed by atoms with Crippen LogP contribution in [-0.4, -0.2) is 71.7 Å². The summed E-state index contributed by atoms with van der Waals surface area (Å²) in [5.41, 5.74) is 6.47. The number of amides is 2. The molecule has 2 amide bonds. The molecule has 0 saturated carbocycles. The lowest BCUT2D eigenvalue weighted by Crippen LogP contribution is -2.71. The molecule has 0 bridgehead atoms. The molecule has 35 heavy (non-hydrogen) atoms. The van der Waals surface area contributed by atoms with E-state index in [0.29, 0.717) is 16.9 Å². The highest BCUT2D eigenvalue weighted by Crippen LogP contribution is 2.40. The predicted molar refractivity (Wildman–Crippen MR) is 125 cm³/mol. The number of nitrogen functional groups attached to an aromatic ring is 1. The lowest BCUT2D eigenvalue weighted by molar-refractivity contribution is -0.689. The molecule has 1 unspecified atom stereocenters. The molecule has 2 aliphatic rings. The molecule has 4 rings (SSSR count). The van der Waals surface area contributed by atoms with Crippen LogP contribution in [-0.2, 0) is 32.4 Å². The molecule has 15 heteroatoms. The molecule has 0 aromatic carbocycles. The van der Waals surface area contributed by atoms with Crippen LogP contribution >= 0.6 is 23.3 Å². The Kier molecular flexibility index (Phi) is 7.28. The number of β-lactam (4-membered cyclic amide) rings is 1. The van der Waals surface area contributed by atoms with Crippen molar-refractivity contribution in [2.24, 2.45) is 5.16 Å². The smallest absolute Gasteiger partial charge is 0.352 e. The van der Waals surface area contributed by atoms with Crippen molar-refractivity contribution in [3.8, 4) is 0 Å². The van der Waals surface area contributed by atoms with Gasteiger partial charge in [-0.25, -0.2) is 9.36 Å². The summed E-state index contributed by atoms with van der Waals surface area (Å²) in [5.74, 6) is -2.22. The van der Waals surface area contributed by atoms with Crippen LogP contribution in [0.5, 0.6) is 0 Å². The predicted octanol–water partition coefficient (Wildman–Crippen LogP) is -0.920. The van der Waals surface area contributed by atoms with Crippen molar-refractivity contribution in [2.75, 3.05) is 18.1 Å². The molecule has 2 aromatic heterocycles. The largest absolute Gasteiger partial charge is 0.477 e. The summed E-state index contributed by atoms with van der Waals surface area (Å²) in [7, 11) is 0. The molecule has 13 nitrogen and oxygen atoms in total. The summed E-state index contributed by atoms with van der Waals surface area (Å²) >= 11 is 2.22. The zero-order valence-electron chi connectivity index (χ0n) is 18.4. The number of aliphatic hydroxyl groups excluding tert-OH is 1. The summed E-state index contributed by atoms with van der Waals surface area (Å²) in [6.45, 7) is 1.97. The van der Waals surface area contributed by atoms with Gasteiger partial charge in [0.15, 0.2) is 24.1 Å². The van der Waals surface area contributed by atoms with Crippen molar-refractivity contribution in [1.29, 1.82) is 0 Å². The molecule has 0 radical (unpaired) electrons.